The van der Waals surface area contributed by atoms with Crippen molar-refractivity contribution in [3.8, 4) is 0 Å². The van der Waals surface area contributed by atoms with Gasteiger partial charge in [-0.15, -0.1) is 0 Å². The summed E-state index contributed by atoms with van der Waals surface area (Å²) >= 11 is 0. The molecule has 0 aliphatic carbocycles. The Morgan fingerprint density at radius 2 is 1.92 bits per heavy atom. The van der Waals surface area contributed by atoms with Gasteiger partial charge in [0.15, 0.2) is 11.5 Å². The lowest BCUT2D eigenvalue weighted by Gasteiger charge is -2.29. The molecule has 2 aromatic heterocycles. The van der Waals surface area contributed by atoms with Gasteiger partial charge in [0.2, 0.25) is 5.89 Å². The molecule has 1 amide bonds. The van der Waals surface area contributed by atoms with E-state index in [1.807, 2.05) is 29.5 Å². The summed E-state index contributed by atoms with van der Waals surface area (Å²) < 4.78 is 7.17. The van der Waals surface area contributed by atoms with Crippen molar-refractivity contribution in [2.75, 3.05) is 13.1 Å². The standard InChI is InChI=1S/C17H25N5O2/c1-11-10-14(19-22(11)17(3,4)5)16(23)21-8-6-13(7-9-21)15-18-12(2)20-24-15/h10,13H,6-9H2,1-5H3. The van der Waals surface area contributed by atoms with Gasteiger partial charge in [-0.25, -0.2) is 0 Å². The molecule has 1 saturated heterocycles. The summed E-state index contributed by atoms with van der Waals surface area (Å²) in [4.78, 5) is 18.9. The van der Waals surface area contributed by atoms with Crippen LogP contribution in [0.2, 0.25) is 0 Å². The molecule has 7 heteroatoms. The van der Waals surface area contributed by atoms with Crippen molar-refractivity contribution < 1.29 is 9.32 Å². The number of hydrogen-bond acceptors (Lipinski definition) is 5. The van der Waals surface area contributed by atoms with Gasteiger partial charge in [0.1, 0.15) is 0 Å². The van der Waals surface area contributed by atoms with E-state index >= 15 is 0 Å². The molecule has 1 aliphatic heterocycles. The fourth-order valence-corrected chi connectivity index (χ4v) is 3.23. The predicted molar refractivity (Wildman–Crippen MR) is 88.9 cm³/mol. The summed E-state index contributed by atoms with van der Waals surface area (Å²) in [5.41, 5.74) is 1.39. The predicted octanol–water partition coefficient (Wildman–Crippen LogP) is 2.66. The minimum absolute atomic E-state index is 0.00117. The SMILES string of the molecule is Cc1noc(C2CCN(C(=O)c3cc(C)n(C(C)(C)C)n3)CC2)n1. The number of hydrogen-bond donors (Lipinski definition) is 0. The molecule has 0 spiro atoms. The van der Waals surface area contributed by atoms with E-state index in [0.717, 1.165) is 18.5 Å². The molecule has 3 heterocycles. The lowest BCUT2D eigenvalue weighted by molar-refractivity contribution is 0.0697. The second-order valence-electron chi connectivity index (χ2n) is 7.50. The summed E-state index contributed by atoms with van der Waals surface area (Å²) in [6, 6.07) is 1.88. The average Bonchev–Trinajstić information content (AvgIpc) is 3.12. The molecule has 0 atom stereocenters. The van der Waals surface area contributed by atoms with Crippen LogP contribution in [0.25, 0.3) is 0 Å². The minimum Gasteiger partial charge on any atom is -0.339 e. The van der Waals surface area contributed by atoms with Crippen molar-refractivity contribution in [1.29, 1.82) is 0 Å². The van der Waals surface area contributed by atoms with Gasteiger partial charge in [-0.1, -0.05) is 5.16 Å². The largest absolute Gasteiger partial charge is 0.339 e. The number of amides is 1. The summed E-state index contributed by atoms with van der Waals surface area (Å²) in [5.74, 6) is 1.59. The first-order valence-electron chi connectivity index (χ1n) is 8.42. The maximum absolute atomic E-state index is 12.7. The van der Waals surface area contributed by atoms with Crippen LogP contribution in [-0.2, 0) is 5.54 Å². The average molecular weight is 331 g/mol. The number of aryl methyl sites for hydroxylation is 2. The van der Waals surface area contributed by atoms with E-state index in [2.05, 4.69) is 36.0 Å². The molecule has 0 radical (unpaired) electrons. The fraction of sp³-hybridized carbons (Fsp3) is 0.647. The zero-order valence-electron chi connectivity index (χ0n) is 15.0. The molecule has 0 N–H and O–H groups in total. The third kappa shape index (κ3) is 3.20. The molecule has 0 bridgehead atoms. The number of likely N-dealkylation sites (tertiary alicyclic amines) is 1. The van der Waals surface area contributed by atoms with Crippen molar-refractivity contribution in [3.63, 3.8) is 0 Å². The van der Waals surface area contributed by atoms with Crippen molar-refractivity contribution in [3.05, 3.63) is 29.2 Å². The summed E-state index contributed by atoms with van der Waals surface area (Å²) in [6.45, 7) is 11.4. The highest BCUT2D eigenvalue weighted by Gasteiger charge is 2.29. The van der Waals surface area contributed by atoms with E-state index in [4.69, 9.17) is 4.52 Å². The molecule has 7 nitrogen and oxygen atoms in total. The topological polar surface area (TPSA) is 77.0 Å². The normalized spacial score (nSPS) is 16.6. The molecule has 0 aromatic carbocycles. The van der Waals surface area contributed by atoms with Crippen LogP contribution in [0.5, 0.6) is 0 Å². The molecule has 1 fully saturated rings. The van der Waals surface area contributed by atoms with Crippen LogP contribution >= 0.6 is 0 Å². The van der Waals surface area contributed by atoms with E-state index in [-0.39, 0.29) is 17.4 Å². The van der Waals surface area contributed by atoms with E-state index in [1.165, 1.54) is 0 Å². The highest BCUT2D eigenvalue weighted by molar-refractivity contribution is 5.92. The first-order valence-corrected chi connectivity index (χ1v) is 8.42. The second kappa shape index (κ2) is 6.03. The molecule has 0 saturated carbocycles. The number of piperidine rings is 1. The smallest absolute Gasteiger partial charge is 0.274 e. The quantitative estimate of drug-likeness (QED) is 0.845. The van der Waals surface area contributed by atoms with Crippen LogP contribution in [-0.4, -0.2) is 43.8 Å². The van der Waals surface area contributed by atoms with Gasteiger partial charge in [0.25, 0.3) is 5.91 Å². The van der Waals surface area contributed by atoms with Gasteiger partial charge >= 0.3 is 0 Å². The van der Waals surface area contributed by atoms with Gasteiger partial charge < -0.3 is 9.42 Å². The number of carbonyl (C=O) groups excluding carboxylic acids is 1. The maximum atomic E-state index is 12.7. The zero-order chi connectivity index (χ0) is 17.5. The molecule has 2 aromatic rings. The molecule has 0 unspecified atom stereocenters. The van der Waals surface area contributed by atoms with Gasteiger partial charge in [0, 0.05) is 24.7 Å². The van der Waals surface area contributed by atoms with E-state index in [1.54, 1.807) is 0 Å². The van der Waals surface area contributed by atoms with E-state index < -0.39 is 0 Å². The van der Waals surface area contributed by atoms with Crippen LogP contribution < -0.4 is 0 Å². The number of nitrogens with zero attached hydrogens (tertiary/aromatic N) is 5. The highest BCUT2D eigenvalue weighted by atomic mass is 16.5. The first kappa shape index (κ1) is 16.7. The molecule has 130 valence electrons. The Hall–Kier alpha value is -2.18. The summed E-state index contributed by atoms with van der Waals surface area (Å²) in [7, 11) is 0. The number of aromatic nitrogens is 4. The molecule has 3 rings (SSSR count). The number of rotatable bonds is 2. The van der Waals surface area contributed by atoms with Crippen molar-refractivity contribution in [2.45, 2.75) is 58.9 Å². The Labute approximate surface area is 142 Å². The van der Waals surface area contributed by atoms with E-state index in [9.17, 15) is 4.79 Å². The summed E-state index contributed by atoms with van der Waals surface area (Å²) in [5, 5.41) is 8.37. The Kier molecular flexibility index (Phi) is 4.19. The molecule has 24 heavy (non-hydrogen) atoms. The second-order valence-corrected chi connectivity index (χ2v) is 7.50. The van der Waals surface area contributed by atoms with Crippen molar-refractivity contribution in [2.24, 2.45) is 0 Å². The zero-order valence-corrected chi connectivity index (χ0v) is 15.0. The lowest BCUT2D eigenvalue weighted by Crippen LogP contribution is -2.38. The van der Waals surface area contributed by atoms with Crippen molar-refractivity contribution >= 4 is 5.91 Å². The lowest BCUT2D eigenvalue weighted by atomic mass is 9.96. The van der Waals surface area contributed by atoms with Crippen molar-refractivity contribution in [1.82, 2.24) is 24.8 Å². The fourth-order valence-electron chi connectivity index (χ4n) is 3.23. The Morgan fingerprint density at radius 1 is 1.25 bits per heavy atom. The van der Waals surface area contributed by atoms with Gasteiger partial charge in [-0.05, 0) is 53.5 Å². The monoisotopic (exact) mass is 331 g/mol. The molecular formula is C17H25N5O2. The van der Waals surface area contributed by atoms with Gasteiger partial charge in [-0.3, -0.25) is 9.48 Å². The maximum Gasteiger partial charge on any atom is 0.274 e. The van der Waals surface area contributed by atoms with Crippen LogP contribution in [0, 0.1) is 13.8 Å². The van der Waals surface area contributed by atoms with Gasteiger partial charge in [-0.2, -0.15) is 10.1 Å². The molecule has 1 aliphatic rings. The van der Waals surface area contributed by atoms with Crippen LogP contribution in [0.15, 0.2) is 10.6 Å². The Bertz CT molecular complexity index is 732. The third-order valence-corrected chi connectivity index (χ3v) is 4.42. The van der Waals surface area contributed by atoms with Crippen LogP contribution in [0.4, 0.5) is 0 Å². The van der Waals surface area contributed by atoms with Crippen LogP contribution in [0.3, 0.4) is 0 Å². The minimum atomic E-state index is -0.134. The van der Waals surface area contributed by atoms with Gasteiger partial charge in [0.05, 0.1) is 5.54 Å². The Balaban J connectivity index is 1.67. The third-order valence-electron chi connectivity index (χ3n) is 4.42. The first-order chi connectivity index (χ1) is 11.3. The number of carbonyl (C=O) groups is 1. The summed E-state index contributed by atoms with van der Waals surface area (Å²) in [6.07, 6.45) is 1.68. The molecular weight excluding hydrogens is 306 g/mol. The van der Waals surface area contributed by atoms with E-state index in [0.29, 0.717) is 30.5 Å². The highest BCUT2D eigenvalue weighted by Crippen LogP contribution is 2.27. The van der Waals surface area contributed by atoms with Crippen LogP contribution in [0.1, 0.15) is 67.4 Å². The Morgan fingerprint density at radius 3 is 2.42 bits per heavy atom.